The zero-order valence-corrected chi connectivity index (χ0v) is 6.65. The predicted octanol–water partition coefficient (Wildman–Crippen LogP) is 1.01. The molecular formula is C6H15LiN-2. The van der Waals surface area contributed by atoms with E-state index in [1.165, 1.54) is 0 Å². The van der Waals surface area contributed by atoms with Crippen LogP contribution >= 0.6 is 0 Å². The summed E-state index contributed by atoms with van der Waals surface area (Å²) in [5.41, 5.74) is 0. The summed E-state index contributed by atoms with van der Waals surface area (Å²) in [7, 11) is 0. The fraction of sp³-hybridized carbons (Fsp3) is 1.00. The minimum atomic E-state index is 0. The molecular weight excluding hydrogens is 93.0 g/mol. The molecule has 3 radical (unpaired) electrons. The summed E-state index contributed by atoms with van der Waals surface area (Å²) in [5.74, 6) is 0. The molecule has 0 heterocycles. The molecule has 0 saturated heterocycles. The fourth-order valence-electron chi connectivity index (χ4n) is 0.667. The third kappa shape index (κ3) is 9.75. The van der Waals surface area contributed by atoms with Crippen molar-refractivity contribution >= 4 is 18.9 Å². The Morgan fingerprint density at radius 3 is 1.12 bits per heavy atom. The van der Waals surface area contributed by atoms with Crippen molar-refractivity contribution in [3.05, 3.63) is 0 Å². The minimum Gasteiger partial charge on any atom is -2.00 e. The second kappa shape index (κ2) is 5.69. The quantitative estimate of drug-likeness (QED) is 0.520. The molecule has 0 aromatic rings. The van der Waals surface area contributed by atoms with Gasteiger partial charge in [-0.05, 0) is 0 Å². The van der Waals surface area contributed by atoms with Gasteiger partial charge in [0, 0.05) is 12.1 Å². The van der Waals surface area contributed by atoms with Crippen molar-refractivity contribution in [1.82, 2.24) is 5.32 Å². The van der Waals surface area contributed by atoms with Crippen molar-refractivity contribution in [2.75, 3.05) is 0 Å². The average Bonchev–Trinajstić information content (AvgIpc) is 1.27. The maximum atomic E-state index is 3.31. The van der Waals surface area contributed by atoms with Gasteiger partial charge in [0.15, 0.2) is 0 Å². The van der Waals surface area contributed by atoms with Crippen molar-refractivity contribution in [1.29, 1.82) is 0 Å². The Morgan fingerprint density at radius 2 is 1.12 bits per heavy atom. The fourth-order valence-corrected chi connectivity index (χ4v) is 0.667. The first-order valence-corrected chi connectivity index (χ1v) is 2.89. The van der Waals surface area contributed by atoms with Crippen LogP contribution < -0.4 is 5.32 Å². The Labute approximate surface area is 64.4 Å². The van der Waals surface area contributed by atoms with E-state index in [9.17, 15) is 0 Å². The van der Waals surface area contributed by atoms with Crippen molar-refractivity contribution in [2.24, 2.45) is 0 Å². The summed E-state index contributed by atoms with van der Waals surface area (Å²) in [5, 5.41) is 3.31. The van der Waals surface area contributed by atoms with E-state index in [-0.39, 0.29) is 18.9 Å². The van der Waals surface area contributed by atoms with E-state index < -0.39 is 0 Å². The van der Waals surface area contributed by atoms with Crippen LogP contribution in [0.15, 0.2) is 0 Å². The van der Waals surface area contributed by atoms with Crippen molar-refractivity contribution in [2.45, 2.75) is 39.8 Å². The number of hydrogen-bond donors (Lipinski definition) is 1. The summed E-state index contributed by atoms with van der Waals surface area (Å²) in [6.45, 7) is 8.61. The molecule has 0 bridgehead atoms. The number of rotatable bonds is 2. The van der Waals surface area contributed by atoms with Gasteiger partial charge >= 0.3 is 0 Å². The number of nitrogens with one attached hydrogen (secondary N) is 1. The van der Waals surface area contributed by atoms with Gasteiger partial charge in [-0.1, -0.05) is 27.7 Å². The number of hydrogen-bond acceptors (Lipinski definition) is 1. The van der Waals surface area contributed by atoms with E-state index >= 15 is 0 Å². The zero-order valence-electron chi connectivity index (χ0n) is 6.65. The normalized spacial score (nSPS) is 9.75. The van der Waals surface area contributed by atoms with Gasteiger partial charge in [0.1, 0.15) is 0 Å². The van der Waals surface area contributed by atoms with Gasteiger partial charge in [-0.25, -0.2) is 0 Å². The maximum Gasteiger partial charge on any atom is 0.00127 e. The Kier molecular flexibility index (Phi) is 8.08. The average molecular weight is 108 g/mol. The maximum absolute atomic E-state index is 3.31. The molecule has 0 amide bonds. The molecule has 2 heteroatoms. The molecule has 0 aliphatic heterocycles. The van der Waals surface area contributed by atoms with Gasteiger partial charge < -0.3 is 24.2 Å². The molecule has 0 fully saturated rings. The molecule has 0 saturated carbocycles. The van der Waals surface area contributed by atoms with E-state index in [4.69, 9.17) is 0 Å². The van der Waals surface area contributed by atoms with Crippen LogP contribution in [0.5, 0.6) is 0 Å². The van der Waals surface area contributed by atoms with E-state index in [1.54, 1.807) is 0 Å². The first kappa shape index (κ1) is 11.4. The Morgan fingerprint density at radius 1 is 0.875 bits per heavy atom. The van der Waals surface area contributed by atoms with Crippen LogP contribution in [0.25, 0.3) is 0 Å². The van der Waals surface area contributed by atoms with E-state index in [2.05, 4.69) is 33.0 Å². The van der Waals surface area contributed by atoms with Crippen molar-refractivity contribution in [3.63, 3.8) is 0 Å². The van der Waals surface area contributed by atoms with Crippen molar-refractivity contribution < 1.29 is 0 Å². The van der Waals surface area contributed by atoms with Gasteiger partial charge in [-0.3, -0.25) is 0 Å². The molecule has 1 nitrogen and oxygen atoms in total. The SMILES string of the molecule is CC(C)NC(C)C.[Li-2]. The van der Waals surface area contributed by atoms with Crippen LogP contribution in [-0.2, 0) is 0 Å². The molecule has 0 unspecified atom stereocenters. The van der Waals surface area contributed by atoms with Gasteiger partial charge in [-0.2, -0.15) is 0 Å². The minimum absolute atomic E-state index is 0. The topological polar surface area (TPSA) is 12.0 Å². The molecule has 0 atom stereocenters. The standard InChI is InChI=1S/C6H15N.Li/c1-5(2)7-6(3)4;/h5-7H,1-4H3;/q;-2. The van der Waals surface area contributed by atoms with Crippen LogP contribution in [0, 0.1) is 0 Å². The smallest absolute Gasteiger partial charge is 0.00127 e. The van der Waals surface area contributed by atoms with Crippen LogP contribution in [0.4, 0.5) is 0 Å². The molecule has 8 heavy (non-hydrogen) atoms. The van der Waals surface area contributed by atoms with Gasteiger partial charge in [-0.15, -0.1) is 0 Å². The third-order valence-electron chi connectivity index (χ3n) is 0.667. The largest absolute Gasteiger partial charge is 2.00 e. The second-order valence-electron chi connectivity index (χ2n) is 2.48. The molecule has 0 aromatic carbocycles. The van der Waals surface area contributed by atoms with Gasteiger partial charge in [0.25, 0.3) is 0 Å². The second-order valence-corrected chi connectivity index (χ2v) is 2.48. The predicted molar refractivity (Wildman–Crippen MR) is 39.2 cm³/mol. The Hall–Kier alpha value is 0.557. The molecule has 0 aliphatic carbocycles. The summed E-state index contributed by atoms with van der Waals surface area (Å²) in [4.78, 5) is 0. The van der Waals surface area contributed by atoms with Crippen LogP contribution in [0.2, 0.25) is 0 Å². The first-order chi connectivity index (χ1) is 3.13. The molecule has 0 aliphatic rings. The first-order valence-electron chi connectivity index (χ1n) is 2.89. The molecule has 0 rings (SSSR count). The van der Waals surface area contributed by atoms with Crippen LogP contribution in [0.1, 0.15) is 27.7 Å². The van der Waals surface area contributed by atoms with Gasteiger partial charge in [0.05, 0.1) is 0 Å². The summed E-state index contributed by atoms with van der Waals surface area (Å²) in [6, 6.07) is 1.25. The Balaban J connectivity index is 0. The molecule has 47 valence electrons. The van der Waals surface area contributed by atoms with E-state index in [0.717, 1.165) is 0 Å². The summed E-state index contributed by atoms with van der Waals surface area (Å²) in [6.07, 6.45) is 0. The van der Waals surface area contributed by atoms with E-state index in [0.29, 0.717) is 12.1 Å². The molecule has 0 spiro atoms. The third-order valence-corrected chi connectivity index (χ3v) is 0.667. The van der Waals surface area contributed by atoms with Crippen LogP contribution in [-0.4, -0.2) is 30.9 Å². The molecule has 1 N–H and O–H groups in total. The van der Waals surface area contributed by atoms with E-state index in [1.807, 2.05) is 0 Å². The Bertz CT molecular complexity index is 37.8. The zero-order chi connectivity index (χ0) is 5.86. The summed E-state index contributed by atoms with van der Waals surface area (Å²) >= 11 is 0. The van der Waals surface area contributed by atoms with Gasteiger partial charge in [0.2, 0.25) is 0 Å². The van der Waals surface area contributed by atoms with Crippen molar-refractivity contribution in [3.8, 4) is 0 Å². The van der Waals surface area contributed by atoms with Crippen LogP contribution in [0.3, 0.4) is 0 Å². The monoisotopic (exact) mass is 108 g/mol. The molecule has 0 aromatic heterocycles. The summed E-state index contributed by atoms with van der Waals surface area (Å²) < 4.78 is 0.